The van der Waals surface area contributed by atoms with Crippen LogP contribution in [0.5, 0.6) is 5.75 Å². The molecule has 0 atom stereocenters. The van der Waals surface area contributed by atoms with Crippen LogP contribution in [0.15, 0.2) is 24.3 Å². The molecule has 1 amide bonds. The number of hydrogen-bond acceptors (Lipinski definition) is 5. The fourth-order valence-corrected chi connectivity index (χ4v) is 2.55. The fraction of sp³-hybridized carbons (Fsp3) is 0.529. The molecule has 0 aliphatic carbocycles. The standard InChI is InChI=1S/C17H26N4O3S/c1-14-5-2-3-6-15(14)24-13-16(22)19-20-17(25)18-7-4-8-21-9-11-23-12-10-21/h2-3,5-6H,4,7-13H2,1H3,(H,19,22)(H2,18,20,25). The summed E-state index contributed by atoms with van der Waals surface area (Å²) < 4.78 is 10.8. The van der Waals surface area contributed by atoms with Crippen molar-refractivity contribution in [2.75, 3.05) is 46.0 Å². The van der Waals surface area contributed by atoms with E-state index in [1.165, 1.54) is 0 Å². The van der Waals surface area contributed by atoms with E-state index in [4.69, 9.17) is 21.7 Å². The van der Waals surface area contributed by atoms with Gasteiger partial charge in [-0.3, -0.25) is 20.5 Å². The summed E-state index contributed by atoms with van der Waals surface area (Å²) in [5.74, 6) is 0.405. The second kappa shape index (κ2) is 10.9. The number of carbonyl (C=O) groups is 1. The van der Waals surface area contributed by atoms with Gasteiger partial charge in [-0.05, 0) is 43.7 Å². The Kier molecular flexibility index (Phi) is 8.44. The highest BCUT2D eigenvalue weighted by atomic mass is 32.1. The lowest BCUT2D eigenvalue weighted by atomic mass is 10.2. The van der Waals surface area contributed by atoms with Gasteiger partial charge >= 0.3 is 0 Å². The van der Waals surface area contributed by atoms with Crippen molar-refractivity contribution in [1.82, 2.24) is 21.1 Å². The summed E-state index contributed by atoms with van der Waals surface area (Å²) >= 11 is 5.13. The summed E-state index contributed by atoms with van der Waals surface area (Å²) in [4.78, 5) is 14.1. The van der Waals surface area contributed by atoms with Gasteiger partial charge in [0.05, 0.1) is 13.2 Å². The van der Waals surface area contributed by atoms with Gasteiger partial charge in [-0.1, -0.05) is 18.2 Å². The maximum absolute atomic E-state index is 11.8. The van der Waals surface area contributed by atoms with Gasteiger partial charge in [-0.2, -0.15) is 0 Å². The molecule has 8 heteroatoms. The van der Waals surface area contributed by atoms with E-state index < -0.39 is 0 Å². The molecule has 0 aromatic heterocycles. The van der Waals surface area contributed by atoms with Crippen molar-refractivity contribution in [3.63, 3.8) is 0 Å². The van der Waals surface area contributed by atoms with Crippen molar-refractivity contribution in [2.24, 2.45) is 0 Å². The van der Waals surface area contributed by atoms with Gasteiger partial charge in [-0.25, -0.2) is 0 Å². The number of aryl methyl sites for hydroxylation is 1. The summed E-state index contributed by atoms with van der Waals surface area (Å²) in [5.41, 5.74) is 6.18. The summed E-state index contributed by atoms with van der Waals surface area (Å²) in [7, 11) is 0. The zero-order valence-corrected chi connectivity index (χ0v) is 15.4. The Balaban J connectivity index is 1.52. The molecule has 1 saturated heterocycles. The van der Waals surface area contributed by atoms with Crippen LogP contribution in [-0.2, 0) is 9.53 Å². The minimum Gasteiger partial charge on any atom is -0.483 e. The summed E-state index contributed by atoms with van der Waals surface area (Å²) in [5, 5.41) is 3.46. The highest BCUT2D eigenvalue weighted by Crippen LogP contribution is 2.15. The van der Waals surface area contributed by atoms with Crippen molar-refractivity contribution in [3.05, 3.63) is 29.8 Å². The van der Waals surface area contributed by atoms with Gasteiger partial charge in [0.15, 0.2) is 11.7 Å². The van der Waals surface area contributed by atoms with Crippen LogP contribution in [0.25, 0.3) is 0 Å². The predicted molar refractivity (Wildman–Crippen MR) is 100 cm³/mol. The monoisotopic (exact) mass is 366 g/mol. The molecule has 0 saturated carbocycles. The molecule has 1 fully saturated rings. The predicted octanol–water partition coefficient (Wildman–Crippen LogP) is 0.591. The van der Waals surface area contributed by atoms with Gasteiger partial charge in [0.25, 0.3) is 5.91 Å². The number of thiocarbonyl (C=S) groups is 1. The van der Waals surface area contributed by atoms with Crippen LogP contribution in [-0.4, -0.2) is 61.9 Å². The summed E-state index contributed by atoms with van der Waals surface area (Å²) in [6, 6.07) is 7.56. The zero-order chi connectivity index (χ0) is 17.9. The molecule has 7 nitrogen and oxygen atoms in total. The number of carbonyl (C=O) groups excluding carboxylic acids is 1. The quantitative estimate of drug-likeness (QED) is 0.370. The topological polar surface area (TPSA) is 74.9 Å². The van der Waals surface area contributed by atoms with Crippen LogP contribution in [0.1, 0.15) is 12.0 Å². The summed E-state index contributed by atoms with van der Waals surface area (Å²) in [6.45, 7) is 7.21. The van der Waals surface area contributed by atoms with Gasteiger partial charge in [0.2, 0.25) is 0 Å². The third-order valence-electron chi connectivity index (χ3n) is 3.81. The van der Waals surface area contributed by atoms with E-state index >= 15 is 0 Å². The SMILES string of the molecule is Cc1ccccc1OCC(=O)NNC(=S)NCCCN1CCOCC1. The number of nitrogens with zero attached hydrogens (tertiary/aromatic N) is 1. The van der Waals surface area contributed by atoms with Gasteiger partial charge < -0.3 is 14.8 Å². The average molecular weight is 366 g/mol. The molecular formula is C17H26N4O3S. The number of para-hydroxylation sites is 1. The van der Waals surface area contributed by atoms with Crippen LogP contribution in [0.4, 0.5) is 0 Å². The lowest BCUT2D eigenvalue weighted by Crippen LogP contribution is -2.48. The van der Waals surface area contributed by atoms with E-state index in [1.54, 1.807) is 0 Å². The van der Waals surface area contributed by atoms with Crippen molar-refractivity contribution >= 4 is 23.2 Å². The number of rotatable bonds is 7. The second-order valence-corrected chi connectivity index (χ2v) is 6.20. The highest BCUT2D eigenvalue weighted by molar-refractivity contribution is 7.80. The first-order valence-corrected chi connectivity index (χ1v) is 8.87. The minimum absolute atomic E-state index is 0.0719. The van der Waals surface area contributed by atoms with Crippen molar-refractivity contribution in [3.8, 4) is 5.75 Å². The maximum atomic E-state index is 11.8. The van der Waals surface area contributed by atoms with Crippen molar-refractivity contribution in [2.45, 2.75) is 13.3 Å². The molecule has 2 rings (SSSR count). The Morgan fingerprint density at radius 2 is 2.04 bits per heavy atom. The molecular weight excluding hydrogens is 340 g/mol. The average Bonchev–Trinajstić information content (AvgIpc) is 2.64. The molecule has 1 aromatic rings. The first-order chi connectivity index (χ1) is 12.1. The molecule has 1 aliphatic rings. The lowest BCUT2D eigenvalue weighted by Gasteiger charge is -2.26. The number of hydrogen-bond donors (Lipinski definition) is 3. The number of nitrogens with one attached hydrogen (secondary N) is 3. The highest BCUT2D eigenvalue weighted by Gasteiger charge is 2.09. The van der Waals surface area contributed by atoms with Crippen LogP contribution in [0, 0.1) is 6.92 Å². The smallest absolute Gasteiger partial charge is 0.276 e. The summed E-state index contributed by atoms with van der Waals surface area (Å²) in [6.07, 6.45) is 0.978. The molecule has 0 spiro atoms. The maximum Gasteiger partial charge on any atom is 0.276 e. The molecule has 1 aromatic carbocycles. The normalized spacial score (nSPS) is 14.6. The van der Waals surface area contributed by atoms with Gasteiger partial charge in [0.1, 0.15) is 5.75 Å². The number of morpholine rings is 1. The Hall–Kier alpha value is -1.90. The Labute approximate surface area is 154 Å². The van der Waals surface area contributed by atoms with Gasteiger partial charge in [-0.15, -0.1) is 0 Å². The first kappa shape index (κ1) is 19.4. The third kappa shape index (κ3) is 7.68. The van der Waals surface area contributed by atoms with Crippen LogP contribution >= 0.6 is 12.2 Å². The second-order valence-electron chi connectivity index (χ2n) is 5.79. The fourth-order valence-electron chi connectivity index (χ4n) is 2.40. The third-order valence-corrected chi connectivity index (χ3v) is 4.05. The van der Waals surface area contributed by atoms with E-state index in [2.05, 4.69) is 21.1 Å². The van der Waals surface area contributed by atoms with E-state index in [-0.39, 0.29) is 12.5 Å². The minimum atomic E-state index is -0.291. The number of amides is 1. The van der Waals surface area contributed by atoms with Crippen LogP contribution in [0.3, 0.4) is 0 Å². The van der Waals surface area contributed by atoms with Crippen molar-refractivity contribution in [1.29, 1.82) is 0 Å². The number of ether oxygens (including phenoxy) is 2. The van der Waals surface area contributed by atoms with Crippen molar-refractivity contribution < 1.29 is 14.3 Å². The molecule has 25 heavy (non-hydrogen) atoms. The molecule has 138 valence electrons. The van der Waals surface area contributed by atoms with E-state index in [9.17, 15) is 4.79 Å². The molecule has 3 N–H and O–H groups in total. The van der Waals surface area contributed by atoms with Crippen LogP contribution < -0.4 is 20.9 Å². The lowest BCUT2D eigenvalue weighted by molar-refractivity contribution is -0.123. The molecule has 0 bridgehead atoms. The molecule has 0 unspecified atom stereocenters. The Morgan fingerprint density at radius 1 is 1.28 bits per heavy atom. The van der Waals surface area contributed by atoms with E-state index in [1.807, 2.05) is 31.2 Å². The molecule has 1 aliphatic heterocycles. The molecule has 0 radical (unpaired) electrons. The zero-order valence-electron chi connectivity index (χ0n) is 14.5. The van der Waals surface area contributed by atoms with Gasteiger partial charge in [0, 0.05) is 19.6 Å². The van der Waals surface area contributed by atoms with E-state index in [0.717, 1.165) is 51.4 Å². The van der Waals surface area contributed by atoms with Crippen LogP contribution in [0.2, 0.25) is 0 Å². The largest absolute Gasteiger partial charge is 0.483 e. The Morgan fingerprint density at radius 3 is 2.80 bits per heavy atom. The Bertz CT molecular complexity index is 565. The number of hydrazine groups is 1. The molecule has 1 heterocycles. The number of benzene rings is 1. The first-order valence-electron chi connectivity index (χ1n) is 8.46. The van der Waals surface area contributed by atoms with E-state index in [0.29, 0.717) is 10.9 Å².